The molecule has 4 aromatic rings. The van der Waals surface area contributed by atoms with Gasteiger partial charge < -0.3 is 20.5 Å². The highest BCUT2D eigenvalue weighted by Crippen LogP contribution is 2.32. The van der Waals surface area contributed by atoms with Gasteiger partial charge in [0.15, 0.2) is 5.69 Å². The van der Waals surface area contributed by atoms with Gasteiger partial charge >= 0.3 is 0 Å². The van der Waals surface area contributed by atoms with Crippen molar-refractivity contribution < 1.29 is 19.4 Å². The van der Waals surface area contributed by atoms with E-state index in [1.54, 1.807) is 36.5 Å². The Bertz CT molecular complexity index is 1460. The number of para-hydroxylation sites is 1. The van der Waals surface area contributed by atoms with Crippen LogP contribution in [0.4, 0.5) is 5.82 Å². The summed E-state index contributed by atoms with van der Waals surface area (Å²) in [6, 6.07) is 18.5. The fraction of sp³-hybridized carbons (Fsp3) is 0.185. The number of hydrogen-bond acceptors (Lipinski definition) is 6. The first-order valence-corrected chi connectivity index (χ1v) is 12.6. The lowest BCUT2D eigenvalue weighted by molar-refractivity contribution is -0.0261. The number of benzene rings is 2. The van der Waals surface area contributed by atoms with Crippen molar-refractivity contribution >= 4 is 40.8 Å². The van der Waals surface area contributed by atoms with Crippen molar-refractivity contribution in [2.24, 2.45) is 0 Å². The molecule has 9 nitrogen and oxygen atoms in total. The number of aliphatic hydroxyl groups excluding tert-OH is 1. The first-order chi connectivity index (χ1) is 18.4. The Morgan fingerprint density at radius 3 is 2.53 bits per heavy atom. The number of anilines is 1. The number of aromatic nitrogens is 3. The van der Waals surface area contributed by atoms with Crippen LogP contribution in [0.3, 0.4) is 0 Å². The fourth-order valence-electron chi connectivity index (χ4n) is 4.11. The third kappa shape index (κ3) is 5.56. The summed E-state index contributed by atoms with van der Waals surface area (Å²) in [6.45, 7) is 0.581. The normalized spacial score (nSPS) is 17.1. The number of halogens is 2. The van der Waals surface area contributed by atoms with Crippen molar-refractivity contribution in [1.29, 1.82) is 0 Å². The summed E-state index contributed by atoms with van der Waals surface area (Å²) in [5, 5.41) is 20.7. The molecule has 2 aromatic heterocycles. The highest BCUT2D eigenvalue weighted by Gasteiger charge is 2.27. The zero-order chi connectivity index (χ0) is 26.6. The summed E-state index contributed by atoms with van der Waals surface area (Å²) < 4.78 is 6.68. The van der Waals surface area contributed by atoms with Crippen molar-refractivity contribution in [3.63, 3.8) is 0 Å². The van der Waals surface area contributed by atoms with E-state index < -0.39 is 24.0 Å². The molecule has 3 heterocycles. The second-order valence-corrected chi connectivity index (χ2v) is 9.47. The van der Waals surface area contributed by atoms with E-state index in [1.807, 2.05) is 24.3 Å². The van der Waals surface area contributed by atoms with Gasteiger partial charge in [0.05, 0.1) is 45.7 Å². The lowest BCUT2D eigenvalue weighted by atomic mass is 10.1. The van der Waals surface area contributed by atoms with Crippen molar-refractivity contribution in [2.45, 2.75) is 18.6 Å². The molecule has 2 aromatic carbocycles. The summed E-state index contributed by atoms with van der Waals surface area (Å²) in [4.78, 5) is 30.7. The number of hydrogen-bond donors (Lipinski definition) is 3. The van der Waals surface area contributed by atoms with Crippen LogP contribution < -0.4 is 10.6 Å². The lowest BCUT2D eigenvalue weighted by Crippen LogP contribution is -2.48. The molecule has 1 aliphatic heterocycles. The molecule has 0 bridgehead atoms. The van der Waals surface area contributed by atoms with Gasteiger partial charge in [0, 0.05) is 24.4 Å². The van der Waals surface area contributed by atoms with E-state index in [0.29, 0.717) is 35.0 Å². The predicted molar refractivity (Wildman–Crippen MR) is 144 cm³/mol. The van der Waals surface area contributed by atoms with Crippen molar-refractivity contribution in [3.8, 4) is 16.9 Å². The molecule has 0 spiro atoms. The fourth-order valence-corrected chi connectivity index (χ4v) is 4.67. The maximum Gasteiger partial charge on any atom is 0.272 e. The molecular formula is C27H23Cl2N5O4. The third-order valence-corrected chi connectivity index (χ3v) is 6.69. The van der Waals surface area contributed by atoms with Crippen LogP contribution in [0.1, 0.15) is 27.3 Å². The number of pyridine rings is 1. The molecule has 0 radical (unpaired) electrons. The van der Waals surface area contributed by atoms with Gasteiger partial charge in [-0.2, -0.15) is 5.10 Å². The number of carbonyl (C=O) groups is 2. The number of ether oxygens (including phenoxy) is 1. The zero-order valence-electron chi connectivity index (χ0n) is 20.0. The molecule has 2 amide bonds. The minimum Gasteiger partial charge on any atom is -0.389 e. The van der Waals surface area contributed by atoms with Crippen LogP contribution in [-0.2, 0) is 4.74 Å². The minimum absolute atomic E-state index is 0.0687. The Labute approximate surface area is 228 Å². The van der Waals surface area contributed by atoms with Crippen LogP contribution >= 0.6 is 23.2 Å². The van der Waals surface area contributed by atoms with Crippen LogP contribution in [0, 0.1) is 0 Å². The molecule has 1 saturated heterocycles. The van der Waals surface area contributed by atoms with E-state index in [1.165, 1.54) is 16.8 Å². The van der Waals surface area contributed by atoms with E-state index in [-0.39, 0.29) is 28.7 Å². The molecule has 5 rings (SSSR count). The molecule has 0 aliphatic carbocycles. The number of amides is 2. The summed E-state index contributed by atoms with van der Waals surface area (Å²) in [5.41, 5.74) is 2.01. The van der Waals surface area contributed by atoms with Crippen LogP contribution in [0.25, 0.3) is 16.9 Å². The molecule has 11 heteroatoms. The van der Waals surface area contributed by atoms with E-state index in [9.17, 15) is 14.7 Å². The van der Waals surface area contributed by atoms with Gasteiger partial charge in [0.1, 0.15) is 5.82 Å². The third-order valence-electron chi connectivity index (χ3n) is 6.07. The number of carbonyl (C=O) groups excluding carboxylic acids is 2. The molecule has 3 N–H and O–H groups in total. The largest absolute Gasteiger partial charge is 0.389 e. The molecule has 2 atom stereocenters. The van der Waals surface area contributed by atoms with Crippen LogP contribution in [0.5, 0.6) is 0 Å². The molecule has 0 unspecified atom stereocenters. The number of nitrogens with zero attached hydrogens (tertiary/aromatic N) is 3. The van der Waals surface area contributed by atoms with Crippen LogP contribution in [0.2, 0.25) is 10.0 Å². The standard InChI is InChI=1S/C27H23Cl2N5O4/c28-19-13-20(29)18(12-17(19)21-8-4-5-10-30-21)26(36)32-25-14-23(33-34(25)16-6-2-1-3-7-16)27(37)31-22-9-11-38-15-24(22)35/h1-8,10,12-14,22,24,35H,9,11,15H2,(H,31,37)(H,32,36)/t22-,24-/m1/s1. The molecule has 38 heavy (non-hydrogen) atoms. The average Bonchev–Trinajstić information content (AvgIpc) is 3.35. The van der Waals surface area contributed by atoms with E-state index in [2.05, 4.69) is 20.7 Å². The monoisotopic (exact) mass is 551 g/mol. The summed E-state index contributed by atoms with van der Waals surface area (Å²) in [6.07, 6.45) is 1.29. The lowest BCUT2D eigenvalue weighted by Gasteiger charge is -2.28. The average molecular weight is 552 g/mol. The van der Waals surface area contributed by atoms with Crippen molar-refractivity contribution in [1.82, 2.24) is 20.1 Å². The first-order valence-electron chi connectivity index (χ1n) is 11.8. The molecule has 194 valence electrons. The Morgan fingerprint density at radius 1 is 1.00 bits per heavy atom. The van der Waals surface area contributed by atoms with E-state index in [0.717, 1.165) is 0 Å². The van der Waals surface area contributed by atoms with Gasteiger partial charge in [-0.3, -0.25) is 14.6 Å². The quantitative estimate of drug-likeness (QED) is 0.327. The van der Waals surface area contributed by atoms with E-state index in [4.69, 9.17) is 27.9 Å². The van der Waals surface area contributed by atoms with Gasteiger partial charge in [0.25, 0.3) is 11.8 Å². The van der Waals surface area contributed by atoms with Gasteiger partial charge in [-0.05, 0) is 42.8 Å². The topological polar surface area (TPSA) is 118 Å². The molecule has 1 fully saturated rings. The summed E-state index contributed by atoms with van der Waals surface area (Å²) >= 11 is 12.8. The first kappa shape index (κ1) is 25.9. The highest BCUT2D eigenvalue weighted by atomic mass is 35.5. The second kappa shape index (κ2) is 11.3. The number of aliphatic hydroxyl groups is 1. The van der Waals surface area contributed by atoms with E-state index >= 15 is 0 Å². The van der Waals surface area contributed by atoms with Gasteiger partial charge in [-0.1, -0.05) is 47.5 Å². The van der Waals surface area contributed by atoms with Crippen LogP contribution in [-0.4, -0.2) is 57.0 Å². The Balaban J connectivity index is 1.46. The molecule has 1 aliphatic rings. The maximum absolute atomic E-state index is 13.4. The zero-order valence-corrected chi connectivity index (χ0v) is 21.5. The van der Waals surface area contributed by atoms with Crippen molar-refractivity contribution in [3.05, 3.63) is 94.2 Å². The van der Waals surface area contributed by atoms with Crippen molar-refractivity contribution in [2.75, 3.05) is 18.5 Å². The summed E-state index contributed by atoms with van der Waals surface area (Å²) in [7, 11) is 0. The Hall–Kier alpha value is -3.76. The smallest absolute Gasteiger partial charge is 0.272 e. The molecule has 0 saturated carbocycles. The van der Waals surface area contributed by atoms with Gasteiger partial charge in [-0.25, -0.2) is 4.68 Å². The van der Waals surface area contributed by atoms with Gasteiger partial charge in [0.2, 0.25) is 0 Å². The second-order valence-electron chi connectivity index (χ2n) is 8.65. The number of nitrogens with one attached hydrogen (secondary N) is 2. The minimum atomic E-state index is -0.816. The number of rotatable bonds is 6. The highest BCUT2D eigenvalue weighted by molar-refractivity contribution is 6.38. The Kier molecular flexibility index (Phi) is 7.71. The molecular weight excluding hydrogens is 529 g/mol. The SMILES string of the molecule is O=C(N[C@@H]1CCOC[C@H]1O)c1cc(NC(=O)c2cc(-c3ccccn3)c(Cl)cc2Cl)n(-c2ccccc2)n1. The Morgan fingerprint density at radius 2 is 1.79 bits per heavy atom. The van der Waals surface area contributed by atoms with Crippen LogP contribution in [0.15, 0.2) is 72.9 Å². The predicted octanol–water partition coefficient (Wildman–Crippen LogP) is 4.37. The maximum atomic E-state index is 13.4. The summed E-state index contributed by atoms with van der Waals surface area (Å²) in [5.74, 6) is -0.750. The van der Waals surface area contributed by atoms with Gasteiger partial charge in [-0.15, -0.1) is 0 Å².